The summed E-state index contributed by atoms with van der Waals surface area (Å²) in [6, 6.07) is 9.31. The SMILES string of the molecule is CCC(=O)N1CCOC(c2cc(CCOc3cccc(Cl)c3)[nH]n2)C1. The summed E-state index contributed by atoms with van der Waals surface area (Å²) in [6.45, 7) is 4.13. The second-order valence-corrected chi connectivity index (χ2v) is 6.36. The topological polar surface area (TPSA) is 67.5 Å². The number of hydrogen-bond donors (Lipinski definition) is 1. The lowest BCUT2D eigenvalue weighted by Crippen LogP contribution is -2.42. The lowest BCUT2D eigenvalue weighted by molar-refractivity contribution is -0.138. The second-order valence-electron chi connectivity index (χ2n) is 5.93. The smallest absolute Gasteiger partial charge is 0.222 e. The second kappa shape index (κ2) is 8.36. The van der Waals surface area contributed by atoms with Crippen molar-refractivity contribution >= 4 is 17.5 Å². The van der Waals surface area contributed by atoms with Crippen LogP contribution in [0, 0.1) is 0 Å². The maximum absolute atomic E-state index is 11.9. The van der Waals surface area contributed by atoms with Gasteiger partial charge >= 0.3 is 0 Å². The highest BCUT2D eigenvalue weighted by molar-refractivity contribution is 6.30. The Hall–Kier alpha value is -2.05. The molecule has 3 rings (SSSR count). The van der Waals surface area contributed by atoms with Gasteiger partial charge < -0.3 is 14.4 Å². The monoisotopic (exact) mass is 363 g/mol. The molecule has 7 heteroatoms. The number of aromatic amines is 1. The lowest BCUT2D eigenvalue weighted by Gasteiger charge is -2.32. The van der Waals surface area contributed by atoms with Crippen LogP contribution in [0.15, 0.2) is 30.3 Å². The number of benzene rings is 1. The molecule has 2 heterocycles. The number of amides is 1. The van der Waals surface area contributed by atoms with Crippen LogP contribution in [0.3, 0.4) is 0 Å². The van der Waals surface area contributed by atoms with E-state index in [1.54, 1.807) is 6.07 Å². The Bertz CT molecular complexity index is 719. The Balaban J connectivity index is 1.52. The van der Waals surface area contributed by atoms with Crippen LogP contribution in [0.25, 0.3) is 0 Å². The minimum absolute atomic E-state index is 0.152. The summed E-state index contributed by atoms with van der Waals surface area (Å²) >= 11 is 5.94. The zero-order valence-electron chi connectivity index (χ0n) is 14.2. The first-order valence-electron chi connectivity index (χ1n) is 8.47. The molecule has 1 aliphatic heterocycles. The first-order valence-corrected chi connectivity index (χ1v) is 8.85. The summed E-state index contributed by atoms with van der Waals surface area (Å²) in [5, 5.41) is 8.01. The van der Waals surface area contributed by atoms with Crippen molar-refractivity contribution in [1.82, 2.24) is 15.1 Å². The summed E-state index contributed by atoms with van der Waals surface area (Å²) < 4.78 is 11.5. The van der Waals surface area contributed by atoms with Gasteiger partial charge in [0.25, 0.3) is 0 Å². The molecular formula is C18H22ClN3O3. The van der Waals surface area contributed by atoms with E-state index >= 15 is 0 Å². The highest BCUT2D eigenvalue weighted by atomic mass is 35.5. The number of hydrogen-bond acceptors (Lipinski definition) is 4. The average molecular weight is 364 g/mol. The van der Waals surface area contributed by atoms with Crippen LogP contribution < -0.4 is 4.74 Å². The molecule has 25 heavy (non-hydrogen) atoms. The number of aromatic nitrogens is 2. The molecule has 1 saturated heterocycles. The van der Waals surface area contributed by atoms with Crippen molar-refractivity contribution in [3.63, 3.8) is 0 Å². The van der Waals surface area contributed by atoms with Crippen LogP contribution in [-0.4, -0.2) is 47.3 Å². The number of H-pyrrole nitrogens is 1. The van der Waals surface area contributed by atoms with Crippen molar-refractivity contribution in [2.75, 3.05) is 26.3 Å². The number of nitrogens with one attached hydrogen (secondary N) is 1. The van der Waals surface area contributed by atoms with E-state index in [1.807, 2.05) is 36.1 Å². The number of morpholine rings is 1. The number of halogens is 1. The van der Waals surface area contributed by atoms with E-state index in [0.717, 1.165) is 17.1 Å². The van der Waals surface area contributed by atoms with Gasteiger partial charge in [0.15, 0.2) is 0 Å². The van der Waals surface area contributed by atoms with Gasteiger partial charge in [0.05, 0.1) is 25.5 Å². The Morgan fingerprint density at radius 3 is 3.16 bits per heavy atom. The quantitative estimate of drug-likeness (QED) is 0.856. The standard InChI is InChI=1S/C18H22ClN3O3/c1-2-18(23)22-7-9-25-17(12-22)16-11-14(20-21-16)6-8-24-15-5-3-4-13(19)10-15/h3-5,10-11,17H,2,6-9,12H2,1H3,(H,20,21). The molecule has 0 saturated carbocycles. The van der Waals surface area contributed by atoms with Crippen molar-refractivity contribution < 1.29 is 14.3 Å². The molecule has 1 unspecified atom stereocenters. The molecule has 1 aromatic carbocycles. The molecule has 0 bridgehead atoms. The van der Waals surface area contributed by atoms with E-state index in [1.165, 1.54) is 0 Å². The van der Waals surface area contributed by atoms with Gasteiger partial charge in [-0.05, 0) is 24.3 Å². The van der Waals surface area contributed by atoms with Gasteiger partial charge in [-0.1, -0.05) is 24.6 Å². The molecule has 1 fully saturated rings. The summed E-state index contributed by atoms with van der Waals surface area (Å²) in [4.78, 5) is 13.7. The van der Waals surface area contributed by atoms with Gasteiger partial charge in [0, 0.05) is 30.1 Å². The largest absolute Gasteiger partial charge is 0.493 e. The number of rotatable bonds is 6. The van der Waals surface area contributed by atoms with Crippen molar-refractivity contribution in [2.45, 2.75) is 25.9 Å². The van der Waals surface area contributed by atoms with E-state index in [2.05, 4.69) is 10.2 Å². The van der Waals surface area contributed by atoms with Crippen LogP contribution in [0.4, 0.5) is 0 Å². The van der Waals surface area contributed by atoms with Gasteiger partial charge in [-0.25, -0.2) is 0 Å². The molecule has 1 aromatic heterocycles. The number of ether oxygens (including phenoxy) is 2. The lowest BCUT2D eigenvalue weighted by atomic mass is 10.1. The molecule has 6 nitrogen and oxygen atoms in total. The van der Waals surface area contributed by atoms with E-state index in [9.17, 15) is 4.79 Å². The first kappa shape index (κ1) is 17.8. The molecular weight excluding hydrogens is 342 g/mol. The zero-order valence-corrected chi connectivity index (χ0v) is 15.0. The van der Waals surface area contributed by atoms with E-state index in [-0.39, 0.29) is 12.0 Å². The molecule has 0 aliphatic carbocycles. The minimum atomic E-state index is -0.178. The molecule has 1 amide bonds. The third kappa shape index (κ3) is 4.74. The van der Waals surface area contributed by atoms with Crippen molar-refractivity contribution in [3.8, 4) is 5.75 Å². The van der Waals surface area contributed by atoms with E-state index in [0.29, 0.717) is 44.2 Å². The molecule has 1 aliphatic rings. The van der Waals surface area contributed by atoms with Crippen LogP contribution in [0.2, 0.25) is 5.02 Å². The van der Waals surface area contributed by atoms with Gasteiger partial charge in [-0.15, -0.1) is 0 Å². The Morgan fingerprint density at radius 1 is 1.48 bits per heavy atom. The van der Waals surface area contributed by atoms with Crippen molar-refractivity contribution in [3.05, 3.63) is 46.7 Å². The molecule has 134 valence electrons. The summed E-state index contributed by atoms with van der Waals surface area (Å²) in [5.41, 5.74) is 1.80. The Kier molecular flexibility index (Phi) is 5.94. The fourth-order valence-corrected chi connectivity index (χ4v) is 2.97. The fraction of sp³-hybridized carbons (Fsp3) is 0.444. The molecule has 2 aromatic rings. The van der Waals surface area contributed by atoms with Gasteiger partial charge in [-0.3, -0.25) is 9.89 Å². The Morgan fingerprint density at radius 2 is 2.36 bits per heavy atom. The highest BCUT2D eigenvalue weighted by Crippen LogP contribution is 2.22. The summed E-state index contributed by atoms with van der Waals surface area (Å²) in [6.07, 6.45) is 1.03. The van der Waals surface area contributed by atoms with Gasteiger partial charge in [0.2, 0.25) is 5.91 Å². The van der Waals surface area contributed by atoms with Crippen molar-refractivity contribution in [1.29, 1.82) is 0 Å². The number of carbonyl (C=O) groups is 1. The van der Waals surface area contributed by atoms with E-state index < -0.39 is 0 Å². The van der Waals surface area contributed by atoms with Crippen LogP contribution in [0.5, 0.6) is 5.75 Å². The maximum Gasteiger partial charge on any atom is 0.222 e. The third-order valence-electron chi connectivity index (χ3n) is 4.14. The van der Waals surface area contributed by atoms with Gasteiger partial charge in [-0.2, -0.15) is 5.10 Å². The predicted molar refractivity (Wildman–Crippen MR) is 94.8 cm³/mol. The third-order valence-corrected chi connectivity index (χ3v) is 4.37. The molecule has 0 spiro atoms. The van der Waals surface area contributed by atoms with Crippen LogP contribution in [0.1, 0.15) is 30.8 Å². The highest BCUT2D eigenvalue weighted by Gasteiger charge is 2.26. The molecule has 1 atom stereocenters. The number of carbonyl (C=O) groups excluding carboxylic acids is 1. The zero-order chi connectivity index (χ0) is 17.6. The minimum Gasteiger partial charge on any atom is -0.493 e. The normalized spacial score (nSPS) is 17.5. The van der Waals surface area contributed by atoms with E-state index in [4.69, 9.17) is 21.1 Å². The Labute approximate surface area is 152 Å². The molecule has 0 radical (unpaired) electrons. The number of nitrogens with zero attached hydrogens (tertiary/aromatic N) is 2. The van der Waals surface area contributed by atoms with Crippen LogP contribution >= 0.6 is 11.6 Å². The molecule has 1 N–H and O–H groups in total. The summed E-state index contributed by atoms with van der Waals surface area (Å²) in [7, 11) is 0. The summed E-state index contributed by atoms with van der Waals surface area (Å²) in [5.74, 6) is 0.899. The van der Waals surface area contributed by atoms with Crippen LogP contribution in [-0.2, 0) is 16.0 Å². The van der Waals surface area contributed by atoms with Gasteiger partial charge in [0.1, 0.15) is 11.9 Å². The fourth-order valence-electron chi connectivity index (χ4n) is 2.79. The first-order chi connectivity index (χ1) is 12.2. The predicted octanol–water partition coefficient (Wildman–Crippen LogP) is 2.99. The maximum atomic E-state index is 11.9. The average Bonchev–Trinajstić information content (AvgIpc) is 3.10. The van der Waals surface area contributed by atoms with Crippen molar-refractivity contribution in [2.24, 2.45) is 0 Å².